The Morgan fingerprint density at radius 3 is 2.03 bits per heavy atom. The molecule has 0 aliphatic heterocycles. The van der Waals surface area contributed by atoms with Crippen LogP contribution in [0.4, 0.5) is 11.4 Å². The standard InChI is InChI=1S/C29H33N3O6/c1-36-24-17-20(18-25(37-2)28(24)38-3)10-16-26(33)31-21-11-13-22(14-12-21)32-29(35)27(34)23(30)15-9-19-7-5-4-6-8-19/h4-8,10-14,16-18,23,27,34H,9,15,30H2,1-3H3,(H,31,33)(H,32,35)/b16-10+/t23-,27+/m1/s1. The van der Waals surface area contributed by atoms with Crippen molar-refractivity contribution in [2.75, 3.05) is 32.0 Å². The summed E-state index contributed by atoms with van der Waals surface area (Å²) in [6.07, 6.45) is 2.78. The van der Waals surface area contributed by atoms with Crippen LogP contribution in [-0.4, -0.2) is 50.4 Å². The van der Waals surface area contributed by atoms with Crippen LogP contribution in [0.2, 0.25) is 0 Å². The number of methoxy groups -OCH3 is 3. The molecule has 0 aliphatic rings. The van der Waals surface area contributed by atoms with Crippen molar-refractivity contribution in [2.24, 2.45) is 5.73 Å². The van der Waals surface area contributed by atoms with Crippen molar-refractivity contribution in [3.05, 3.63) is 83.9 Å². The number of rotatable bonds is 12. The minimum Gasteiger partial charge on any atom is -0.493 e. The number of aryl methyl sites for hydroxylation is 1. The Hall–Kier alpha value is -4.34. The molecule has 0 radical (unpaired) electrons. The highest BCUT2D eigenvalue weighted by Gasteiger charge is 2.23. The van der Waals surface area contributed by atoms with Crippen LogP contribution in [0.5, 0.6) is 17.2 Å². The van der Waals surface area contributed by atoms with Crippen LogP contribution in [0.3, 0.4) is 0 Å². The van der Waals surface area contributed by atoms with Crippen molar-refractivity contribution in [3.63, 3.8) is 0 Å². The summed E-state index contributed by atoms with van der Waals surface area (Å²) >= 11 is 0. The van der Waals surface area contributed by atoms with E-state index in [-0.39, 0.29) is 5.91 Å². The van der Waals surface area contributed by atoms with Crippen molar-refractivity contribution in [1.82, 2.24) is 0 Å². The van der Waals surface area contributed by atoms with Gasteiger partial charge >= 0.3 is 0 Å². The van der Waals surface area contributed by atoms with Gasteiger partial charge in [-0.05, 0) is 66.4 Å². The summed E-state index contributed by atoms with van der Waals surface area (Å²) in [4.78, 5) is 24.8. The third-order valence-electron chi connectivity index (χ3n) is 5.82. The quantitative estimate of drug-likeness (QED) is 0.269. The molecule has 3 rings (SSSR count). The molecule has 0 aliphatic carbocycles. The summed E-state index contributed by atoms with van der Waals surface area (Å²) in [5, 5.41) is 15.7. The first kappa shape index (κ1) is 28.2. The van der Waals surface area contributed by atoms with E-state index in [1.807, 2.05) is 30.3 Å². The van der Waals surface area contributed by atoms with E-state index in [0.717, 1.165) is 5.56 Å². The highest BCUT2D eigenvalue weighted by Crippen LogP contribution is 2.38. The zero-order valence-electron chi connectivity index (χ0n) is 21.6. The number of benzene rings is 3. The minimum absolute atomic E-state index is 0.352. The first-order valence-electron chi connectivity index (χ1n) is 12.0. The molecule has 0 bridgehead atoms. The van der Waals surface area contributed by atoms with E-state index in [1.54, 1.807) is 42.5 Å². The SMILES string of the molecule is COc1cc(/C=C/C(=O)Nc2ccc(NC(=O)[C@@H](O)[C@H](N)CCc3ccccc3)cc2)cc(OC)c1OC. The van der Waals surface area contributed by atoms with Crippen molar-refractivity contribution in [3.8, 4) is 17.2 Å². The highest BCUT2D eigenvalue weighted by atomic mass is 16.5. The lowest BCUT2D eigenvalue weighted by molar-refractivity contribution is -0.125. The predicted octanol–water partition coefficient (Wildman–Crippen LogP) is 3.62. The van der Waals surface area contributed by atoms with Crippen LogP contribution in [0.25, 0.3) is 6.08 Å². The summed E-state index contributed by atoms with van der Waals surface area (Å²) in [5.41, 5.74) is 8.81. The molecule has 38 heavy (non-hydrogen) atoms. The molecule has 200 valence electrons. The van der Waals surface area contributed by atoms with Crippen LogP contribution in [0, 0.1) is 0 Å². The fourth-order valence-corrected chi connectivity index (χ4v) is 3.74. The van der Waals surface area contributed by atoms with Crippen LogP contribution in [0.1, 0.15) is 17.5 Å². The summed E-state index contributed by atoms with van der Waals surface area (Å²) in [7, 11) is 4.56. The number of nitrogens with one attached hydrogen (secondary N) is 2. The number of aliphatic hydroxyl groups is 1. The smallest absolute Gasteiger partial charge is 0.254 e. The van der Waals surface area contributed by atoms with Gasteiger partial charge in [0.25, 0.3) is 5.91 Å². The lowest BCUT2D eigenvalue weighted by Crippen LogP contribution is -2.43. The number of nitrogens with two attached hydrogens (primary N) is 1. The zero-order valence-corrected chi connectivity index (χ0v) is 21.6. The summed E-state index contributed by atoms with van der Waals surface area (Å²) < 4.78 is 16.0. The van der Waals surface area contributed by atoms with Crippen LogP contribution in [-0.2, 0) is 16.0 Å². The van der Waals surface area contributed by atoms with Gasteiger partial charge in [0.05, 0.1) is 21.3 Å². The predicted molar refractivity (Wildman–Crippen MR) is 148 cm³/mol. The van der Waals surface area contributed by atoms with Crippen molar-refractivity contribution < 1.29 is 28.9 Å². The molecule has 3 aromatic rings. The Morgan fingerprint density at radius 2 is 1.47 bits per heavy atom. The molecule has 5 N–H and O–H groups in total. The second-order valence-corrected chi connectivity index (χ2v) is 8.48. The second kappa shape index (κ2) is 13.8. The minimum atomic E-state index is -1.35. The topological polar surface area (TPSA) is 132 Å². The molecule has 0 saturated heterocycles. The number of ether oxygens (including phenoxy) is 3. The van der Waals surface area contributed by atoms with E-state index in [0.29, 0.717) is 47.0 Å². The van der Waals surface area contributed by atoms with Crippen molar-refractivity contribution >= 4 is 29.3 Å². The number of carbonyl (C=O) groups is 2. The van der Waals surface area contributed by atoms with E-state index < -0.39 is 18.1 Å². The number of aliphatic hydroxyl groups excluding tert-OH is 1. The van der Waals surface area contributed by atoms with E-state index in [1.165, 1.54) is 27.4 Å². The molecular formula is C29H33N3O6. The van der Waals surface area contributed by atoms with Gasteiger partial charge < -0.3 is 35.7 Å². The third-order valence-corrected chi connectivity index (χ3v) is 5.82. The number of carbonyl (C=O) groups excluding carboxylic acids is 2. The van der Waals surface area contributed by atoms with Gasteiger partial charge in [-0.15, -0.1) is 0 Å². The Morgan fingerprint density at radius 1 is 0.895 bits per heavy atom. The van der Waals surface area contributed by atoms with Gasteiger partial charge in [0, 0.05) is 23.5 Å². The number of hydrogen-bond donors (Lipinski definition) is 4. The van der Waals surface area contributed by atoms with Crippen molar-refractivity contribution in [2.45, 2.75) is 25.0 Å². The number of anilines is 2. The Labute approximate surface area is 222 Å². The maximum atomic E-state index is 12.4. The Kier molecular flexibility index (Phi) is 10.3. The van der Waals surface area contributed by atoms with Gasteiger partial charge in [0.1, 0.15) is 6.10 Å². The average Bonchev–Trinajstić information content (AvgIpc) is 2.95. The molecule has 0 heterocycles. The fraction of sp³-hybridized carbons (Fsp3) is 0.241. The van der Waals surface area contributed by atoms with Gasteiger partial charge in [0.2, 0.25) is 11.7 Å². The lowest BCUT2D eigenvalue weighted by Gasteiger charge is -2.18. The Balaban J connectivity index is 1.53. The first-order chi connectivity index (χ1) is 18.3. The number of amides is 2. The summed E-state index contributed by atoms with van der Waals surface area (Å²) in [5.74, 6) is 0.482. The van der Waals surface area contributed by atoms with Gasteiger partial charge in [-0.2, -0.15) is 0 Å². The van der Waals surface area contributed by atoms with Crippen molar-refractivity contribution in [1.29, 1.82) is 0 Å². The molecule has 0 spiro atoms. The lowest BCUT2D eigenvalue weighted by atomic mass is 10.0. The van der Waals surface area contributed by atoms with Crippen LogP contribution in [0.15, 0.2) is 72.8 Å². The molecule has 2 atom stereocenters. The molecule has 0 aromatic heterocycles. The molecule has 0 fully saturated rings. The molecule has 3 aromatic carbocycles. The van der Waals surface area contributed by atoms with E-state index in [2.05, 4.69) is 10.6 Å². The van der Waals surface area contributed by atoms with Gasteiger partial charge in [-0.1, -0.05) is 30.3 Å². The Bertz CT molecular complexity index is 1220. The monoisotopic (exact) mass is 519 g/mol. The van der Waals surface area contributed by atoms with Crippen LogP contribution < -0.4 is 30.6 Å². The van der Waals surface area contributed by atoms with Gasteiger partial charge in [0.15, 0.2) is 11.5 Å². The van der Waals surface area contributed by atoms with Gasteiger partial charge in [-0.3, -0.25) is 9.59 Å². The third kappa shape index (κ3) is 7.83. The maximum absolute atomic E-state index is 12.4. The molecule has 9 heteroatoms. The molecular weight excluding hydrogens is 486 g/mol. The fourth-order valence-electron chi connectivity index (χ4n) is 3.74. The zero-order chi connectivity index (χ0) is 27.5. The molecule has 2 amide bonds. The van der Waals surface area contributed by atoms with Crippen LogP contribution >= 0.6 is 0 Å². The first-order valence-corrected chi connectivity index (χ1v) is 12.0. The van der Waals surface area contributed by atoms with E-state index >= 15 is 0 Å². The van der Waals surface area contributed by atoms with E-state index in [4.69, 9.17) is 19.9 Å². The highest BCUT2D eigenvalue weighted by molar-refractivity contribution is 6.02. The summed E-state index contributed by atoms with van der Waals surface area (Å²) in [6.45, 7) is 0. The molecule has 0 unspecified atom stereocenters. The van der Waals surface area contributed by atoms with E-state index in [9.17, 15) is 14.7 Å². The molecule has 0 saturated carbocycles. The largest absolute Gasteiger partial charge is 0.493 e. The average molecular weight is 520 g/mol. The number of hydrogen-bond acceptors (Lipinski definition) is 7. The normalized spacial score (nSPS) is 12.4. The summed E-state index contributed by atoms with van der Waals surface area (Å²) in [6, 6.07) is 19.0. The maximum Gasteiger partial charge on any atom is 0.254 e. The second-order valence-electron chi connectivity index (χ2n) is 8.48. The molecule has 9 nitrogen and oxygen atoms in total. The van der Waals surface area contributed by atoms with Gasteiger partial charge in [-0.25, -0.2) is 0 Å².